The highest BCUT2D eigenvalue weighted by Gasteiger charge is 2.05. The molecule has 0 aliphatic heterocycles. The number of fused-ring (bicyclic) bond motifs is 1. The largest absolute Gasteiger partial charge is 0.347 e. The second-order valence-corrected chi connectivity index (χ2v) is 4.21. The third-order valence-corrected chi connectivity index (χ3v) is 2.75. The first kappa shape index (κ1) is 10.8. The Kier molecular flexibility index (Phi) is 2.47. The molecule has 0 aliphatic rings. The number of pyridine rings is 1. The summed E-state index contributed by atoms with van der Waals surface area (Å²) in [6, 6.07) is 7.88. The van der Waals surface area contributed by atoms with Gasteiger partial charge in [-0.05, 0) is 25.1 Å². The molecule has 0 aliphatic carbocycles. The summed E-state index contributed by atoms with van der Waals surface area (Å²) in [4.78, 5) is 4.40. The molecule has 0 unspecified atom stereocenters. The lowest BCUT2D eigenvalue weighted by Gasteiger charge is -1.97. The van der Waals surface area contributed by atoms with Crippen LogP contribution in [-0.4, -0.2) is 24.4 Å². The molecule has 3 heterocycles. The fraction of sp³-hybridized carbons (Fsp3) is 0.250. The van der Waals surface area contributed by atoms with Gasteiger partial charge in [0.2, 0.25) is 5.95 Å². The van der Waals surface area contributed by atoms with Crippen molar-refractivity contribution in [3.8, 4) is 0 Å². The number of nitrogens with zero attached hydrogens (tertiary/aromatic N) is 5. The van der Waals surface area contributed by atoms with E-state index in [-0.39, 0.29) is 0 Å². The molecule has 0 radical (unpaired) electrons. The summed E-state index contributed by atoms with van der Waals surface area (Å²) in [7, 11) is 1.90. The third kappa shape index (κ3) is 1.92. The van der Waals surface area contributed by atoms with Gasteiger partial charge in [-0.2, -0.15) is 10.1 Å². The maximum absolute atomic E-state index is 4.40. The van der Waals surface area contributed by atoms with Crippen molar-refractivity contribution < 1.29 is 0 Å². The Hall–Kier alpha value is -2.37. The zero-order chi connectivity index (χ0) is 12.5. The molecule has 0 bridgehead atoms. The minimum absolute atomic E-state index is 0.620. The smallest absolute Gasteiger partial charge is 0.243 e. The van der Waals surface area contributed by atoms with Gasteiger partial charge in [-0.1, -0.05) is 6.07 Å². The van der Waals surface area contributed by atoms with Gasteiger partial charge in [0, 0.05) is 18.9 Å². The molecular weight excluding hydrogens is 228 g/mol. The van der Waals surface area contributed by atoms with Crippen molar-refractivity contribution >= 4 is 11.6 Å². The summed E-state index contributed by atoms with van der Waals surface area (Å²) in [5.74, 6) is 0.620. The van der Waals surface area contributed by atoms with Gasteiger partial charge in [0.25, 0.3) is 0 Å². The molecule has 0 spiro atoms. The van der Waals surface area contributed by atoms with E-state index in [1.165, 1.54) is 0 Å². The van der Waals surface area contributed by atoms with E-state index in [0.29, 0.717) is 12.5 Å². The quantitative estimate of drug-likeness (QED) is 0.754. The lowest BCUT2D eigenvalue weighted by Crippen LogP contribution is -2.03. The highest BCUT2D eigenvalue weighted by Crippen LogP contribution is 2.08. The highest BCUT2D eigenvalue weighted by atomic mass is 15.4. The molecular formula is C12H14N6. The summed E-state index contributed by atoms with van der Waals surface area (Å²) >= 11 is 0. The van der Waals surface area contributed by atoms with Gasteiger partial charge in [0.05, 0.1) is 12.2 Å². The fourth-order valence-corrected chi connectivity index (χ4v) is 1.84. The van der Waals surface area contributed by atoms with Crippen LogP contribution in [0.2, 0.25) is 0 Å². The van der Waals surface area contributed by atoms with Crippen LogP contribution < -0.4 is 5.32 Å². The zero-order valence-corrected chi connectivity index (χ0v) is 10.3. The molecule has 92 valence electrons. The van der Waals surface area contributed by atoms with E-state index in [9.17, 15) is 0 Å². The van der Waals surface area contributed by atoms with Crippen LogP contribution in [0.1, 0.15) is 11.4 Å². The molecule has 0 amide bonds. The van der Waals surface area contributed by atoms with E-state index in [0.717, 1.165) is 17.0 Å². The van der Waals surface area contributed by atoms with Gasteiger partial charge in [-0.25, -0.2) is 4.52 Å². The highest BCUT2D eigenvalue weighted by molar-refractivity contribution is 5.44. The molecule has 1 N–H and O–H groups in total. The van der Waals surface area contributed by atoms with Crippen molar-refractivity contribution in [2.75, 3.05) is 5.32 Å². The second-order valence-electron chi connectivity index (χ2n) is 4.21. The molecule has 3 aromatic heterocycles. The molecule has 0 atom stereocenters. The SMILES string of the molecule is Cc1cccc2nc(NCc3ccn(C)n3)nn12. The summed E-state index contributed by atoms with van der Waals surface area (Å²) in [6.45, 7) is 2.63. The Balaban J connectivity index is 1.81. The maximum atomic E-state index is 4.40. The summed E-state index contributed by atoms with van der Waals surface area (Å²) in [6.07, 6.45) is 1.91. The van der Waals surface area contributed by atoms with Gasteiger partial charge in [-0.3, -0.25) is 4.68 Å². The number of nitrogens with one attached hydrogen (secondary N) is 1. The number of aryl methyl sites for hydroxylation is 2. The lowest BCUT2D eigenvalue weighted by molar-refractivity contribution is 0.746. The minimum atomic E-state index is 0.620. The van der Waals surface area contributed by atoms with Crippen LogP contribution >= 0.6 is 0 Å². The number of rotatable bonds is 3. The van der Waals surface area contributed by atoms with Crippen LogP contribution in [-0.2, 0) is 13.6 Å². The topological polar surface area (TPSA) is 60.0 Å². The van der Waals surface area contributed by atoms with Gasteiger partial charge in [-0.15, -0.1) is 5.10 Å². The van der Waals surface area contributed by atoms with Gasteiger partial charge < -0.3 is 5.32 Å². The number of aromatic nitrogens is 5. The van der Waals surface area contributed by atoms with Crippen LogP contribution in [0, 0.1) is 6.92 Å². The van der Waals surface area contributed by atoms with Crippen molar-refractivity contribution in [3.05, 3.63) is 41.9 Å². The Bertz CT molecular complexity index is 681. The van der Waals surface area contributed by atoms with E-state index in [4.69, 9.17) is 0 Å². The monoisotopic (exact) mass is 242 g/mol. The first-order chi connectivity index (χ1) is 8.72. The average molecular weight is 242 g/mol. The van der Waals surface area contributed by atoms with Gasteiger partial charge >= 0.3 is 0 Å². The van der Waals surface area contributed by atoms with Crippen LogP contribution in [0.15, 0.2) is 30.5 Å². The lowest BCUT2D eigenvalue weighted by atomic mass is 10.4. The Morgan fingerprint density at radius 3 is 2.83 bits per heavy atom. The van der Waals surface area contributed by atoms with Crippen LogP contribution in [0.25, 0.3) is 5.65 Å². The predicted octanol–water partition coefficient (Wildman–Crippen LogP) is 1.38. The summed E-state index contributed by atoms with van der Waals surface area (Å²) in [5, 5.41) is 11.9. The van der Waals surface area contributed by atoms with Crippen molar-refractivity contribution in [2.24, 2.45) is 7.05 Å². The Labute approximate surface area is 104 Å². The standard InChI is InChI=1S/C12H14N6/c1-9-4-3-5-11-14-12(16-18(9)11)13-8-10-6-7-17(2)15-10/h3-7H,8H2,1-2H3,(H,13,16). The molecule has 0 saturated heterocycles. The first-order valence-electron chi connectivity index (χ1n) is 5.77. The summed E-state index contributed by atoms with van der Waals surface area (Å²) in [5.41, 5.74) is 2.87. The van der Waals surface area contributed by atoms with Crippen LogP contribution in [0.3, 0.4) is 0 Å². The van der Waals surface area contributed by atoms with E-state index in [1.807, 2.05) is 48.9 Å². The molecule has 3 aromatic rings. The van der Waals surface area contributed by atoms with Crippen molar-refractivity contribution in [3.63, 3.8) is 0 Å². The van der Waals surface area contributed by atoms with E-state index < -0.39 is 0 Å². The number of anilines is 1. The fourth-order valence-electron chi connectivity index (χ4n) is 1.84. The Morgan fingerprint density at radius 1 is 1.22 bits per heavy atom. The van der Waals surface area contributed by atoms with E-state index >= 15 is 0 Å². The van der Waals surface area contributed by atoms with Gasteiger partial charge in [0.15, 0.2) is 5.65 Å². The van der Waals surface area contributed by atoms with Crippen molar-refractivity contribution in [1.29, 1.82) is 0 Å². The zero-order valence-electron chi connectivity index (χ0n) is 10.3. The van der Waals surface area contributed by atoms with E-state index in [2.05, 4.69) is 20.5 Å². The molecule has 6 nitrogen and oxygen atoms in total. The predicted molar refractivity (Wildman–Crippen MR) is 68.3 cm³/mol. The average Bonchev–Trinajstić information content (AvgIpc) is 2.93. The molecule has 3 rings (SSSR count). The second kappa shape index (κ2) is 4.14. The van der Waals surface area contributed by atoms with Gasteiger partial charge in [0.1, 0.15) is 0 Å². The third-order valence-electron chi connectivity index (χ3n) is 2.75. The van der Waals surface area contributed by atoms with E-state index in [1.54, 1.807) is 4.68 Å². The molecule has 0 fully saturated rings. The van der Waals surface area contributed by atoms with Crippen molar-refractivity contribution in [2.45, 2.75) is 13.5 Å². The van der Waals surface area contributed by atoms with Crippen LogP contribution in [0.4, 0.5) is 5.95 Å². The normalized spacial score (nSPS) is 11.0. The molecule has 18 heavy (non-hydrogen) atoms. The minimum Gasteiger partial charge on any atom is -0.347 e. The first-order valence-corrected chi connectivity index (χ1v) is 5.77. The molecule has 6 heteroatoms. The molecule has 0 aromatic carbocycles. The maximum Gasteiger partial charge on any atom is 0.243 e. The summed E-state index contributed by atoms with van der Waals surface area (Å²) < 4.78 is 3.60. The van der Waals surface area contributed by atoms with Crippen molar-refractivity contribution in [1.82, 2.24) is 24.4 Å². The Morgan fingerprint density at radius 2 is 2.11 bits per heavy atom. The number of hydrogen-bond donors (Lipinski definition) is 1. The number of hydrogen-bond acceptors (Lipinski definition) is 4. The molecule has 0 saturated carbocycles. The van der Waals surface area contributed by atoms with Crippen LogP contribution in [0.5, 0.6) is 0 Å².